The van der Waals surface area contributed by atoms with Crippen molar-refractivity contribution in [1.29, 1.82) is 0 Å². The van der Waals surface area contributed by atoms with Crippen molar-refractivity contribution in [3.8, 4) is 0 Å². The number of thiophene rings is 1. The highest BCUT2D eigenvalue weighted by Gasteiger charge is 2.52. The molecular weight excluding hydrogens is 472 g/mol. The predicted octanol–water partition coefficient (Wildman–Crippen LogP) is 5.28. The molecule has 1 amide bonds. The normalized spacial score (nSPS) is 19.3. The van der Waals surface area contributed by atoms with Gasteiger partial charge in [0.05, 0.1) is 19.3 Å². The number of rotatable bonds is 12. The van der Waals surface area contributed by atoms with Crippen molar-refractivity contribution in [1.82, 2.24) is 4.90 Å². The molecular formula is C27H33F2NO4S. The van der Waals surface area contributed by atoms with Crippen LogP contribution < -0.4 is 0 Å². The van der Waals surface area contributed by atoms with Gasteiger partial charge < -0.3 is 14.7 Å². The van der Waals surface area contributed by atoms with Gasteiger partial charge in [-0.2, -0.15) is 8.78 Å². The van der Waals surface area contributed by atoms with Crippen molar-refractivity contribution in [3.63, 3.8) is 0 Å². The molecule has 1 N–H and O–H groups in total. The lowest BCUT2D eigenvalue weighted by molar-refractivity contribution is -0.148. The minimum absolute atomic E-state index is 0.0242. The second-order valence-electron chi connectivity index (χ2n) is 9.07. The number of benzene rings is 1. The fourth-order valence-electron chi connectivity index (χ4n) is 4.28. The summed E-state index contributed by atoms with van der Waals surface area (Å²) in [7, 11) is 1.32. The molecule has 1 aromatic carbocycles. The van der Waals surface area contributed by atoms with Gasteiger partial charge in [-0.3, -0.25) is 4.79 Å². The Bertz CT molecular complexity index is 1010. The Morgan fingerprint density at radius 1 is 1.23 bits per heavy atom. The number of hydrogen-bond acceptors (Lipinski definition) is 5. The van der Waals surface area contributed by atoms with E-state index in [1.54, 1.807) is 18.2 Å². The number of aryl methyl sites for hydroxylation is 2. The minimum atomic E-state index is -3.40. The molecule has 2 heterocycles. The average Bonchev–Trinajstić information content (AvgIpc) is 3.40. The highest BCUT2D eigenvalue weighted by Crippen LogP contribution is 2.34. The van der Waals surface area contributed by atoms with Crippen molar-refractivity contribution in [2.45, 2.75) is 63.5 Å². The first-order valence-corrected chi connectivity index (χ1v) is 12.8. The molecule has 0 aliphatic carbocycles. The molecule has 0 bridgehead atoms. The van der Waals surface area contributed by atoms with E-state index in [0.717, 1.165) is 24.1 Å². The van der Waals surface area contributed by atoms with Gasteiger partial charge in [0, 0.05) is 17.8 Å². The molecule has 5 nitrogen and oxygen atoms in total. The molecule has 3 atom stereocenters. The smallest absolute Gasteiger partial charge is 0.348 e. The quantitative estimate of drug-likeness (QED) is 0.315. The van der Waals surface area contributed by atoms with Crippen LogP contribution >= 0.6 is 11.3 Å². The number of alkyl halides is 2. The van der Waals surface area contributed by atoms with Crippen LogP contribution in [0.1, 0.15) is 52.7 Å². The zero-order chi connectivity index (χ0) is 25.4. The van der Waals surface area contributed by atoms with Crippen molar-refractivity contribution in [2.24, 2.45) is 5.92 Å². The standard InChI is InChI=1S/C27H33F2NO4S/c1-19(8-6-11-20-9-4-3-5-10-20)23(31)15-13-21-18-27(28,29)26(33)30(21)17-7-12-22-14-16-24(35-22)25(32)34-2/h3-5,9-10,13-16,19,21,23,31H,6-8,11-12,17-18H2,1-2H3/t19-,21+,23+/m1/s1. The lowest BCUT2D eigenvalue weighted by Gasteiger charge is -2.22. The summed E-state index contributed by atoms with van der Waals surface area (Å²) in [5, 5.41) is 10.5. The molecule has 1 aromatic heterocycles. The van der Waals surface area contributed by atoms with Gasteiger partial charge in [-0.05, 0) is 55.7 Å². The topological polar surface area (TPSA) is 66.8 Å². The summed E-state index contributed by atoms with van der Waals surface area (Å²) < 4.78 is 33.1. The van der Waals surface area contributed by atoms with Gasteiger partial charge in [-0.25, -0.2) is 4.79 Å². The molecule has 1 saturated heterocycles. The Morgan fingerprint density at radius 2 is 1.97 bits per heavy atom. The van der Waals surface area contributed by atoms with Crippen LogP contribution in [0.4, 0.5) is 8.78 Å². The van der Waals surface area contributed by atoms with E-state index in [1.807, 2.05) is 31.2 Å². The van der Waals surface area contributed by atoms with Crippen LogP contribution in [0.2, 0.25) is 0 Å². The fourth-order valence-corrected chi connectivity index (χ4v) is 5.25. The number of carbonyl (C=O) groups excluding carboxylic acids is 2. The van der Waals surface area contributed by atoms with Gasteiger partial charge >= 0.3 is 11.9 Å². The molecule has 35 heavy (non-hydrogen) atoms. The SMILES string of the molecule is COC(=O)c1ccc(CCCN2C(=O)C(F)(F)C[C@@H]2C=C[C@H](O)[C@H](C)CCCc2ccccc2)s1. The molecule has 0 unspecified atom stereocenters. The number of ether oxygens (including phenoxy) is 1. The van der Waals surface area contributed by atoms with Crippen LogP contribution in [0.3, 0.4) is 0 Å². The first-order chi connectivity index (χ1) is 16.7. The van der Waals surface area contributed by atoms with Gasteiger partial charge in [0.25, 0.3) is 5.91 Å². The van der Waals surface area contributed by atoms with Crippen molar-refractivity contribution in [3.05, 3.63) is 69.9 Å². The van der Waals surface area contributed by atoms with Crippen molar-refractivity contribution >= 4 is 23.2 Å². The number of amides is 1. The maximum Gasteiger partial charge on any atom is 0.348 e. The number of esters is 1. The summed E-state index contributed by atoms with van der Waals surface area (Å²) in [6.45, 7) is 2.12. The summed E-state index contributed by atoms with van der Waals surface area (Å²) in [5.41, 5.74) is 1.25. The fraction of sp³-hybridized carbons (Fsp3) is 0.481. The summed E-state index contributed by atoms with van der Waals surface area (Å²) in [4.78, 5) is 26.5. The maximum absolute atomic E-state index is 14.2. The summed E-state index contributed by atoms with van der Waals surface area (Å²) in [6, 6.07) is 12.9. The number of aliphatic hydroxyl groups excluding tert-OH is 1. The number of hydrogen-bond donors (Lipinski definition) is 1. The van der Waals surface area contributed by atoms with E-state index in [9.17, 15) is 23.5 Å². The molecule has 8 heteroatoms. The monoisotopic (exact) mass is 505 g/mol. The Kier molecular flexibility index (Phi) is 9.57. The third-order valence-electron chi connectivity index (χ3n) is 6.39. The highest BCUT2D eigenvalue weighted by atomic mass is 32.1. The summed E-state index contributed by atoms with van der Waals surface area (Å²) >= 11 is 1.30. The lowest BCUT2D eigenvalue weighted by atomic mass is 9.95. The molecule has 0 radical (unpaired) electrons. The number of likely N-dealkylation sites (tertiary alicyclic amines) is 1. The Labute approximate surface area is 209 Å². The number of aliphatic hydroxyl groups is 1. The van der Waals surface area contributed by atoms with Crippen LogP contribution in [-0.2, 0) is 22.4 Å². The molecule has 3 rings (SSSR count). The zero-order valence-corrected chi connectivity index (χ0v) is 21.0. The van der Waals surface area contributed by atoms with Gasteiger partial charge in [-0.15, -0.1) is 11.3 Å². The van der Waals surface area contributed by atoms with Gasteiger partial charge in [-0.1, -0.05) is 49.4 Å². The van der Waals surface area contributed by atoms with E-state index in [2.05, 4.69) is 12.1 Å². The summed E-state index contributed by atoms with van der Waals surface area (Å²) in [6.07, 6.45) is 5.47. The van der Waals surface area contributed by atoms with Crippen LogP contribution in [0.25, 0.3) is 0 Å². The largest absolute Gasteiger partial charge is 0.465 e. The highest BCUT2D eigenvalue weighted by molar-refractivity contribution is 7.13. The van der Waals surface area contributed by atoms with Crippen molar-refractivity contribution < 1.29 is 28.2 Å². The van der Waals surface area contributed by atoms with Gasteiger partial charge in [0.1, 0.15) is 4.88 Å². The molecule has 1 fully saturated rings. The average molecular weight is 506 g/mol. The number of nitrogens with zero attached hydrogens (tertiary/aromatic N) is 1. The number of carbonyl (C=O) groups is 2. The van der Waals surface area contributed by atoms with E-state index in [1.165, 1.54) is 28.9 Å². The zero-order valence-electron chi connectivity index (χ0n) is 20.2. The summed E-state index contributed by atoms with van der Waals surface area (Å²) in [5.74, 6) is -5.00. The predicted molar refractivity (Wildman–Crippen MR) is 133 cm³/mol. The van der Waals surface area contributed by atoms with Crippen LogP contribution in [0.5, 0.6) is 0 Å². The lowest BCUT2D eigenvalue weighted by Crippen LogP contribution is -2.36. The van der Waals surface area contributed by atoms with Gasteiger partial charge in [0.2, 0.25) is 0 Å². The molecule has 0 spiro atoms. The number of halogens is 2. The van der Waals surface area contributed by atoms with Crippen molar-refractivity contribution in [2.75, 3.05) is 13.7 Å². The van der Waals surface area contributed by atoms with E-state index in [4.69, 9.17) is 4.74 Å². The third kappa shape index (κ3) is 7.45. The maximum atomic E-state index is 14.2. The Hall–Kier alpha value is -2.58. The Morgan fingerprint density at radius 3 is 2.69 bits per heavy atom. The molecule has 1 aliphatic heterocycles. The first-order valence-electron chi connectivity index (χ1n) is 12.0. The molecule has 2 aromatic rings. The van der Waals surface area contributed by atoms with E-state index < -0.39 is 36.4 Å². The van der Waals surface area contributed by atoms with E-state index >= 15 is 0 Å². The second kappa shape index (κ2) is 12.4. The minimum Gasteiger partial charge on any atom is -0.465 e. The molecule has 190 valence electrons. The van der Waals surface area contributed by atoms with E-state index in [0.29, 0.717) is 17.7 Å². The van der Waals surface area contributed by atoms with Crippen LogP contribution in [-0.4, -0.2) is 53.6 Å². The third-order valence-corrected chi connectivity index (χ3v) is 7.52. The number of methoxy groups -OCH3 is 1. The first kappa shape index (κ1) is 27.0. The molecule has 1 aliphatic rings. The van der Waals surface area contributed by atoms with E-state index in [-0.39, 0.29) is 12.5 Å². The Balaban J connectivity index is 1.51. The van der Waals surface area contributed by atoms with Crippen LogP contribution in [0.15, 0.2) is 54.6 Å². The van der Waals surface area contributed by atoms with Gasteiger partial charge in [0.15, 0.2) is 0 Å². The van der Waals surface area contributed by atoms with Crippen LogP contribution in [0, 0.1) is 5.92 Å². The second-order valence-corrected chi connectivity index (χ2v) is 10.2. The molecule has 0 saturated carbocycles.